The average molecular weight is 418 g/mol. The third kappa shape index (κ3) is 7.79. The minimum Gasteiger partial charge on any atom is -0.489 e. The van der Waals surface area contributed by atoms with E-state index in [-0.39, 0.29) is 17.9 Å². The number of rotatable bonds is 12. The fraction of sp³-hybridized carbons (Fsp3) is 0.409. The van der Waals surface area contributed by atoms with Crippen molar-refractivity contribution >= 4 is 11.9 Å². The molecule has 2 aromatic rings. The lowest BCUT2D eigenvalue weighted by atomic mass is 10.1. The first-order valence-corrected chi connectivity index (χ1v) is 9.82. The normalized spacial score (nSPS) is 11.6. The summed E-state index contributed by atoms with van der Waals surface area (Å²) >= 11 is 0. The SMILES string of the molecule is CCOCCOc1cccnc1C(C)CNC(=O)COC(=O)Cc1ccccc1F. The molecule has 1 N–H and O–H groups in total. The molecular formula is C22H27FN2O5. The molecule has 0 bridgehead atoms. The van der Waals surface area contributed by atoms with E-state index in [0.717, 1.165) is 0 Å². The first-order valence-electron chi connectivity index (χ1n) is 9.82. The summed E-state index contributed by atoms with van der Waals surface area (Å²) in [6.45, 7) is 5.19. The van der Waals surface area contributed by atoms with Crippen LogP contribution in [0.4, 0.5) is 4.39 Å². The van der Waals surface area contributed by atoms with E-state index in [1.165, 1.54) is 18.2 Å². The highest BCUT2D eigenvalue weighted by atomic mass is 19.1. The van der Waals surface area contributed by atoms with Gasteiger partial charge in [-0.05, 0) is 30.7 Å². The molecule has 1 unspecified atom stereocenters. The quantitative estimate of drug-likeness (QED) is 0.421. The van der Waals surface area contributed by atoms with Crippen molar-refractivity contribution in [1.29, 1.82) is 0 Å². The summed E-state index contributed by atoms with van der Waals surface area (Å²) in [5, 5.41) is 2.70. The summed E-state index contributed by atoms with van der Waals surface area (Å²) in [4.78, 5) is 28.2. The van der Waals surface area contributed by atoms with Crippen molar-refractivity contribution in [2.24, 2.45) is 0 Å². The average Bonchev–Trinajstić information content (AvgIpc) is 2.75. The maximum atomic E-state index is 13.6. The molecule has 1 aromatic carbocycles. The van der Waals surface area contributed by atoms with E-state index >= 15 is 0 Å². The molecule has 1 atom stereocenters. The zero-order chi connectivity index (χ0) is 21.8. The van der Waals surface area contributed by atoms with Gasteiger partial charge in [0.1, 0.15) is 18.2 Å². The van der Waals surface area contributed by atoms with Gasteiger partial charge in [0, 0.05) is 25.3 Å². The molecule has 0 aliphatic carbocycles. The largest absolute Gasteiger partial charge is 0.489 e. The molecule has 1 aromatic heterocycles. The minimum atomic E-state index is -0.669. The van der Waals surface area contributed by atoms with Crippen LogP contribution in [0.3, 0.4) is 0 Å². The van der Waals surface area contributed by atoms with Crippen LogP contribution >= 0.6 is 0 Å². The highest BCUT2D eigenvalue weighted by Crippen LogP contribution is 2.23. The third-order valence-corrected chi connectivity index (χ3v) is 4.22. The number of carbonyl (C=O) groups is 2. The van der Waals surface area contributed by atoms with Gasteiger partial charge in [-0.25, -0.2) is 4.39 Å². The predicted octanol–water partition coefficient (Wildman–Crippen LogP) is 2.64. The highest BCUT2D eigenvalue weighted by Gasteiger charge is 2.16. The molecule has 0 saturated heterocycles. The number of pyridine rings is 1. The summed E-state index contributed by atoms with van der Waals surface area (Å²) in [5.74, 6) is -1.08. The molecule has 162 valence electrons. The van der Waals surface area contributed by atoms with Crippen LogP contribution in [0, 0.1) is 5.82 Å². The zero-order valence-electron chi connectivity index (χ0n) is 17.2. The lowest BCUT2D eigenvalue weighted by molar-refractivity contribution is -0.147. The third-order valence-electron chi connectivity index (χ3n) is 4.22. The fourth-order valence-corrected chi connectivity index (χ4v) is 2.66. The number of nitrogens with one attached hydrogen (secondary N) is 1. The van der Waals surface area contributed by atoms with Crippen LogP contribution in [-0.4, -0.2) is 49.8 Å². The Morgan fingerprint density at radius 2 is 1.97 bits per heavy atom. The van der Waals surface area contributed by atoms with Gasteiger partial charge in [-0.2, -0.15) is 0 Å². The van der Waals surface area contributed by atoms with Gasteiger partial charge in [-0.15, -0.1) is 0 Å². The summed E-state index contributed by atoms with van der Waals surface area (Å²) in [6.07, 6.45) is 1.43. The molecular weight excluding hydrogens is 391 g/mol. The van der Waals surface area contributed by atoms with Crippen molar-refractivity contribution in [2.45, 2.75) is 26.2 Å². The monoisotopic (exact) mass is 418 g/mol. The van der Waals surface area contributed by atoms with Gasteiger partial charge in [0.05, 0.1) is 18.7 Å². The summed E-state index contributed by atoms with van der Waals surface area (Å²) < 4.78 is 29.5. The van der Waals surface area contributed by atoms with Crippen LogP contribution in [0.1, 0.15) is 31.0 Å². The van der Waals surface area contributed by atoms with Gasteiger partial charge in [0.15, 0.2) is 6.61 Å². The van der Waals surface area contributed by atoms with Crippen LogP contribution < -0.4 is 10.1 Å². The second kappa shape index (κ2) is 12.5. The van der Waals surface area contributed by atoms with Gasteiger partial charge in [0.25, 0.3) is 5.91 Å². The van der Waals surface area contributed by atoms with Gasteiger partial charge < -0.3 is 19.5 Å². The first-order chi connectivity index (χ1) is 14.5. The molecule has 0 fully saturated rings. The number of nitrogens with zero attached hydrogens (tertiary/aromatic N) is 1. The van der Waals surface area contributed by atoms with E-state index in [0.29, 0.717) is 37.8 Å². The minimum absolute atomic E-state index is 0.119. The summed E-state index contributed by atoms with van der Waals surface area (Å²) in [5.41, 5.74) is 0.939. The predicted molar refractivity (Wildman–Crippen MR) is 109 cm³/mol. The van der Waals surface area contributed by atoms with E-state index in [4.69, 9.17) is 14.2 Å². The van der Waals surface area contributed by atoms with Crippen molar-refractivity contribution in [3.63, 3.8) is 0 Å². The zero-order valence-corrected chi connectivity index (χ0v) is 17.2. The maximum Gasteiger partial charge on any atom is 0.310 e. The van der Waals surface area contributed by atoms with Crippen LogP contribution in [0.15, 0.2) is 42.6 Å². The second-order valence-corrected chi connectivity index (χ2v) is 6.57. The number of ether oxygens (including phenoxy) is 3. The number of esters is 1. The van der Waals surface area contributed by atoms with Gasteiger partial charge in [0.2, 0.25) is 0 Å². The Morgan fingerprint density at radius 1 is 1.17 bits per heavy atom. The number of hydrogen-bond donors (Lipinski definition) is 1. The van der Waals surface area contributed by atoms with Crippen molar-refractivity contribution < 1.29 is 28.2 Å². The Hall–Kier alpha value is -3.00. The number of halogens is 1. The Kier molecular flexibility index (Phi) is 9.73. The lowest BCUT2D eigenvalue weighted by Gasteiger charge is -2.16. The van der Waals surface area contributed by atoms with E-state index < -0.39 is 24.3 Å². The van der Waals surface area contributed by atoms with E-state index in [2.05, 4.69) is 10.3 Å². The van der Waals surface area contributed by atoms with E-state index in [1.54, 1.807) is 18.3 Å². The summed E-state index contributed by atoms with van der Waals surface area (Å²) in [7, 11) is 0. The fourth-order valence-electron chi connectivity index (χ4n) is 2.66. The van der Waals surface area contributed by atoms with Crippen molar-refractivity contribution in [3.05, 3.63) is 59.7 Å². The Bertz CT molecular complexity index is 831. The molecule has 1 amide bonds. The maximum absolute atomic E-state index is 13.6. The Balaban J connectivity index is 1.76. The molecule has 30 heavy (non-hydrogen) atoms. The lowest BCUT2D eigenvalue weighted by Crippen LogP contribution is -2.32. The molecule has 8 heteroatoms. The Morgan fingerprint density at radius 3 is 2.73 bits per heavy atom. The molecule has 2 rings (SSSR count). The Labute approximate surface area is 175 Å². The topological polar surface area (TPSA) is 86.8 Å². The smallest absolute Gasteiger partial charge is 0.310 e. The van der Waals surface area contributed by atoms with Gasteiger partial charge in [-0.1, -0.05) is 25.1 Å². The van der Waals surface area contributed by atoms with E-state index in [9.17, 15) is 14.0 Å². The van der Waals surface area contributed by atoms with Crippen molar-refractivity contribution in [2.75, 3.05) is 33.0 Å². The van der Waals surface area contributed by atoms with Crippen molar-refractivity contribution in [1.82, 2.24) is 10.3 Å². The number of carbonyl (C=O) groups excluding carboxylic acids is 2. The molecule has 0 saturated carbocycles. The first kappa shape index (κ1) is 23.3. The van der Waals surface area contributed by atoms with Crippen LogP contribution in [0.5, 0.6) is 5.75 Å². The molecule has 0 aliphatic rings. The van der Waals surface area contributed by atoms with Crippen LogP contribution in [0.2, 0.25) is 0 Å². The molecule has 1 heterocycles. The van der Waals surface area contributed by atoms with Crippen LogP contribution in [-0.2, 0) is 25.5 Å². The molecule has 0 aliphatic heterocycles. The van der Waals surface area contributed by atoms with Gasteiger partial charge in [-0.3, -0.25) is 14.6 Å². The second-order valence-electron chi connectivity index (χ2n) is 6.57. The summed E-state index contributed by atoms with van der Waals surface area (Å²) in [6, 6.07) is 9.53. The number of benzene rings is 1. The number of aromatic nitrogens is 1. The highest BCUT2D eigenvalue weighted by molar-refractivity contribution is 5.81. The van der Waals surface area contributed by atoms with Gasteiger partial charge >= 0.3 is 5.97 Å². The molecule has 0 radical (unpaired) electrons. The standard InChI is InChI=1S/C22H27FN2O5/c1-3-28-11-12-29-19-9-6-10-24-22(19)16(2)14-25-20(26)15-30-21(27)13-17-7-4-5-8-18(17)23/h4-10,16H,3,11-15H2,1-2H3,(H,25,26). The molecule has 0 spiro atoms. The molecule has 7 nitrogen and oxygen atoms in total. The number of hydrogen-bond acceptors (Lipinski definition) is 6. The van der Waals surface area contributed by atoms with E-state index in [1.807, 2.05) is 19.9 Å². The van der Waals surface area contributed by atoms with Crippen molar-refractivity contribution in [3.8, 4) is 5.75 Å². The number of amides is 1. The van der Waals surface area contributed by atoms with Crippen LogP contribution in [0.25, 0.3) is 0 Å².